The second kappa shape index (κ2) is 7.82. The SMILES string of the molecule is CC1Cc2ccc(NS(=O)(=O)c3c(Cl)nc4sccn34)cc2/C1=N\N=C(N)N.Cl. The van der Waals surface area contributed by atoms with Crippen molar-refractivity contribution in [3.8, 4) is 0 Å². The quantitative estimate of drug-likeness (QED) is 0.303. The van der Waals surface area contributed by atoms with Crippen LogP contribution in [0.25, 0.3) is 4.96 Å². The highest BCUT2D eigenvalue weighted by Gasteiger charge is 2.28. The molecule has 3 aromatic rings. The maximum Gasteiger partial charge on any atom is 0.281 e. The lowest BCUT2D eigenvalue weighted by molar-refractivity contribution is 0.596. The number of rotatable bonds is 4. The third-order valence-corrected chi connectivity index (χ3v) is 6.87. The van der Waals surface area contributed by atoms with Gasteiger partial charge in [0.15, 0.2) is 15.1 Å². The van der Waals surface area contributed by atoms with Crippen molar-refractivity contribution in [3.63, 3.8) is 0 Å². The summed E-state index contributed by atoms with van der Waals surface area (Å²) < 4.78 is 29.8. The van der Waals surface area contributed by atoms with Crippen molar-refractivity contribution < 1.29 is 8.42 Å². The molecule has 2 heterocycles. The second-order valence-corrected chi connectivity index (χ2v) is 9.18. The zero-order chi connectivity index (χ0) is 20.1. The van der Waals surface area contributed by atoms with Gasteiger partial charge in [-0.25, -0.2) is 4.98 Å². The van der Waals surface area contributed by atoms with E-state index in [1.165, 1.54) is 15.7 Å². The third-order valence-electron chi connectivity index (χ3n) is 4.34. The molecular formula is C16H17Cl2N7O2S2. The molecule has 0 aliphatic heterocycles. The average molecular weight is 474 g/mol. The molecule has 0 saturated carbocycles. The Kier molecular flexibility index (Phi) is 5.77. The second-order valence-electron chi connectivity index (χ2n) is 6.36. The smallest absolute Gasteiger partial charge is 0.281 e. The molecule has 1 aliphatic carbocycles. The number of thiazole rings is 1. The van der Waals surface area contributed by atoms with Crippen molar-refractivity contribution in [2.24, 2.45) is 27.6 Å². The minimum absolute atomic E-state index is 0. The zero-order valence-electron chi connectivity index (χ0n) is 15.0. The minimum atomic E-state index is -3.95. The molecule has 0 fully saturated rings. The van der Waals surface area contributed by atoms with E-state index in [0.29, 0.717) is 16.4 Å². The van der Waals surface area contributed by atoms with Crippen LogP contribution in [0.2, 0.25) is 5.15 Å². The zero-order valence-corrected chi connectivity index (χ0v) is 18.2. The Morgan fingerprint density at radius 2 is 2.17 bits per heavy atom. The monoisotopic (exact) mass is 473 g/mol. The molecule has 5 N–H and O–H groups in total. The first kappa shape index (κ1) is 21.4. The summed E-state index contributed by atoms with van der Waals surface area (Å²) in [4.78, 5) is 4.57. The summed E-state index contributed by atoms with van der Waals surface area (Å²) in [6.45, 7) is 2.00. The van der Waals surface area contributed by atoms with Gasteiger partial charge in [0.1, 0.15) is 0 Å². The number of imidazole rings is 1. The molecule has 0 spiro atoms. The van der Waals surface area contributed by atoms with Crippen LogP contribution in [0.15, 0.2) is 45.0 Å². The Morgan fingerprint density at radius 3 is 2.90 bits per heavy atom. The summed E-state index contributed by atoms with van der Waals surface area (Å²) in [7, 11) is -3.95. The van der Waals surface area contributed by atoms with Crippen LogP contribution in [-0.4, -0.2) is 29.5 Å². The maximum absolute atomic E-state index is 12.9. The lowest BCUT2D eigenvalue weighted by Gasteiger charge is -2.09. The van der Waals surface area contributed by atoms with E-state index in [-0.39, 0.29) is 34.5 Å². The van der Waals surface area contributed by atoms with E-state index >= 15 is 0 Å². The van der Waals surface area contributed by atoms with Gasteiger partial charge in [0.2, 0.25) is 5.96 Å². The van der Waals surface area contributed by atoms with E-state index in [1.54, 1.807) is 23.7 Å². The van der Waals surface area contributed by atoms with Gasteiger partial charge in [-0.15, -0.1) is 28.8 Å². The van der Waals surface area contributed by atoms with Crippen molar-refractivity contribution in [2.45, 2.75) is 18.4 Å². The van der Waals surface area contributed by atoms with Crippen molar-refractivity contribution >= 4 is 67.7 Å². The van der Waals surface area contributed by atoms with E-state index in [0.717, 1.165) is 17.5 Å². The Morgan fingerprint density at radius 1 is 1.41 bits per heavy atom. The van der Waals surface area contributed by atoms with Crippen LogP contribution in [0.3, 0.4) is 0 Å². The summed E-state index contributed by atoms with van der Waals surface area (Å²) >= 11 is 7.36. The lowest BCUT2D eigenvalue weighted by atomic mass is 10.1. The van der Waals surface area contributed by atoms with Crippen LogP contribution in [0.1, 0.15) is 18.1 Å². The number of aromatic nitrogens is 2. The summed E-state index contributed by atoms with van der Waals surface area (Å²) in [6.07, 6.45) is 2.38. The number of nitrogens with two attached hydrogens (primary N) is 2. The molecule has 4 rings (SSSR count). The van der Waals surface area contributed by atoms with Gasteiger partial charge in [-0.1, -0.05) is 24.6 Å². The van der Waals surface area contributed by atoms with Crippen LogP contribution in [0, 0.1) is 5.92 Å². The molecule has 0 amide bonds. The van der Waals surface area contributed by atoms with E-state index in [2.05, 4.69) is 19.9 Å². The van der Waals surface area contributed by atoms with Crippen molar-refractivity contribution in [2.75, 3.05) is 4.72 Å². The molecule has 29 heavy (non-hydrogen) atoms. The molecule has 0 saturated heterocycles. The molecule has 2 aromatic heterocycles. The van der Waals surface area contributed by atoms with Gasteiger partial charge in [-0.3, -0.25) is 9.12 Å². The van der Waals surface area contributed by atoms with E-state index in [1.807, 2.05) is 13.0 Å². The highest BCUT2D eigenvalue weighted by atomic mass is 35.5. The molecule has 1 aliphatic rings. The number of fused-ring (bicyclic) bond motifs is 2. The highest BCUT2D eigenvalue weighted by Crippen LogP contribution is 2.32. The van der Waals surface area contributed by atoms with Gasteiger partial charge in [-0.2, -0.15) is 13.5 Å². The molecule has 0 radical (unpaired) electrons. The first-order valence-electron chi connectivity index (χ1n) is 8.20. The van der Waals surface area contributed by atoms with Crippen molar-refractivity contribution in [1.82, 2.24) is 9.38 Å². The number of guanidine groups is 1. The largest absolute Gasteiger partial charge is 0.369 e. The molecule has 13 heteroatoms. The Hall–Kier alpha value is -2.34. The number of anilines is 1. The van der Waals surface area contributed by atoms with Gasteiger partial charge in [-0.05, 0) is 24.1 Å². The number of nitrogens with zero attached hydrogens (tertiary/aromatic N) is 4. The molecule has 154 valence electrons. The number of nitrogens with one attached hydrogen (secondary N) is 1. The maximum atomic E-state index is 12.9. The van der Waals surface area contributed by atoms with Gasteiger partial charge in [0.05, 0.1) is 5.71 Å². The van der Waals surface area contributed by atoms with E-state index in [4.69, 9.17) is 23.1 Å². The number of halogens is 2. The fourth-order valence-electron chi connectivity index (χ4n) is 3.19. The number of benzene rings is 1. The highest BCUT2D eigenvalue weighted by molar-refractivity contribution is 7.92. The van der Waals surface area contributed by atoms with E-state index in [9.17, 15) is 8.42 Å². The van der Waals surface area contributed by atoms with Crippen LogP contribution < -0.4 is 16.2 Å². The standard InChI is InChI=1S/C16H16ClN7O2S2.ClH/c1-8-6-9-2-3-10(7-11(9)12(8)21-22-15(18)19)23-28(25,26)14-13(17)20-16-24(14)4-5-27-16;/h2-5,7-8,23H,6H2,1H3,(H4,18,19,22);1H/b21-12-;. The lowest BCUT2D eigenvalue weighted by Crippen LogP contribution is -2.22. The van der Waals surface area contributed by atoms with Crippen LogP contribution in [-0.2, 0) is 16.4 Å². The van der Waals surface area contributed by atoms with Gasteiger partial charge in [0.25, 0.3) is 10.0 Å². The summed E-state index contributed by atoms with van der Waals surface area (Å²) in [5, 5.41) is 9.41. The van der Waals surface area contributed by atoms with Crippen LogP contribution in [0.4, 0.5) is 5.69 Å². The summed E-state index contributed by atoms with van der Waals surface area (Å²) in [6, 6.07) is 5.28. The number of hydrogen-bond acceptors (Lipinski definition) is 6. The molecular weight excluding hydrogens is 457 g/mol. The predicted molar refractivity (Wildman–Crippen MR) is 118 cm³/mol. The fourth-order valence-corrected chi connectivity index (χ4v) is 5.70. The first-order chi connectivity index (χ1) is 13.3. The average Bonchev–Trinajstić information content (AvgIpc) is 3.24. The normalized spacial score (nSPS) is 17.2. The fraction of sp³-hybridized carbons (Fsp3) is 0.188. The summed E-state index contributed by atoms with van der Waals surface area (Å²) in [5.74, 6) is -0.0279. The van der Waals surface area contributed by atoms with Gasteiger partial charge in [0, 0.05) is 28.7 Å². The molecule has 9 nitrogen and oxygen atoms in total. The Bertz CT molecular complexity index is 1240. The molecule has 0 bridgehead atoms. The van der Waals surface area contributed by atoms with Gasteiger partial charge < -0.3 is 11.5 Å². The van der Waals surface area contributed by atoms with Crippen LogP contribution in [0.5, 0.6) is 0 Å². The van der Waals surface area contributed by atoms with Gasteiger partial charge >= 0.3 is 0 Å². The van der Waals surface area contributed by atoms with E-state index < -0.39 is 10.0 Å². The van der Waals surface area contributed by atoms with Crippen LogP contribution >= 0.6 is 35.3 Å². The topological polar surface area (TPSA) is 140 Å². The number of hydrogen-bond donors (Lipinski definition) is 3. The summed E-state index contributed by atoms with van der Waals surface area (Å²) in [5.41, 5.74) is 13.7. The van der Waals surface area contributed by atoms with Crippen molar-refractivity contribution in [1.29, 1.82) is 0 Å². The Balaban J connectivity index is 0.00000240. The predicted octanol–water partition coefficient (Wildman–Crippen LogP) is 2.44. The molecule has 1 atom stereocenters. The first-order valence-corrected chi connectivity index (χ1v) is 10.9. The molecule has 1 unspecified atom stereocenters. The number of sulfonamides is 1. The Labute approximate surface area is 181 Å². The molecule has 1 aromatic carbocycles. The van der Waals surface area contributed by atoms with Crippen molar-refractivity contribution in [3.05, 3.63) is 46.1 Å². The minimum Gasteiger partial charge on any atom is -0.369 e. The third kappa shape index (κ3) is 3.90.